The molecular formula is C19H15N5OS2. The first-order valence-corrected chi connectivity index (χ1v) is 10.2. The highest BCUT2D eigenvalue weighted by molar-refractivity contribution is 7.99. The monoisotopic (exact) mass is 393 g/mol. The minimum Gasteiger partial charge on any atom is -0.311 e. The van der Waals surface area contributed by atoms with E-state index >= 15 is 0 Å². The van der Waals surface area contributed by atoms with Crippen molar-refractivity contribution in [3.8, 4) is 6.07 Å². The van der Waals surface area contributed by atoms with Crippen LogP contribution in [0.5, 0.6) is 0 Å². The van der Waals surface area contributed by atoms with Crippen molar-refractivity contribution < 1.29 is 4.79 Å². The Morgan fingerprint density at radius 2 is 1.93 bits per heavy atom. The van der Waals surface area contributed by atoms with Gasteiger partial charge in [-0.05, 0) is 24.3 Å². The van der Waals surface area contributed by atoms with Crippen LogP contribution in [-0.4, -0.2) is 32.8 Å². The minimum atomic E-state index is -0.0577. The van der Waals surface area contributed by atoms with E-state index in [2.05, 4.69) is 16.3 Å². The number of nitriles is 1. The summed E-state index contributed by atoms with van der Waals surface area (Å²) < 4.78 is 3.12. The van der Waals surface area contributed by atoms with Gasteiger partial charge in [0.1, 0.15) is 0 Å². The Morgan fingerprint density at radius 1 is 1.15 bits per heavy atom. The lowest BCUT2D eigenvalue weighted by Crippen LogP contribution is -2.33. The molecule has 0 aliphatic carbocycles. The molecule has 1 amide bonds. The summed E-state index contributed by atoms with van der Waals surface area (Å²) in [7, 11) is 0. The third kappa shape index (κ3) is 3.52. The zero-order chi connectivity index (χ0) is 18.6. The Balaban J connectivity index is 1.56. The third-order valence-corrected chi connectivity index (χ3v) is 5.98. The molecule has 0 fully saturated rings. The number of rotatable bonds is 6. The molecule has 0 atom stereocenters. The molecule has 0 unspecified atom stereocenters. The normalized spacial score (nSPS) is 10.9. The van der Waals surface area contributed by atoms with Crippen molar-refractivity contribution in [1.82, 2.24) is 14.6 Å². The average molecular weight is 393 g/mol. The lowest BCUT2D eigenvalue weighted by atomic mass is 10.2. The number of anilines is 1. The summed E-state index contributed by atoms with van der Waals surface area (Å²) in [5.41, 5.74) is 1.84. The Kier molecular flexibility index (Phi) is 5.05. The van der Waals surface area contributed by atoms with Crippen LogP contribution in [0.15, 0.2) is 59.8 Å². The molecule has 27 heavy (non-hydrogen) atoms. The standard InChI is InChI=1S/C19H15N5OS2/c20-11-6-12-23(14-7-2-1-3-8-14)17(25)13-26-18-21-22-19-24(18)15-9-4-5-10-16(15)27-19/h1-5,7-10H,6,12-13H2. The fourth-order valence-corrected chi connectivity index (χ4v) is 4.66. The molecule has 0 N–H and O–H groups in total. The molecule has 2 aromatic carbocycles. The van der Waals surface area contributed by atoms with Gasteiger partial charge in [0.25, 0.3) is 0 Å². The van der Waals surface area contributed by atoms with Gasteiger partial charge in [0, 0.05) is 12.2 Å². The molecule has 0 spiro atoms. The van der Waals surface area contributed by atoms with Crippen LogP contribution < -0.4 is 4.90 Å². The highest BCUT2D eigenvalue weighted by atomic mass is 32.2. The second-order valence-corrected chi connectivity index (χ2v) is 7.70. The number of benzene rings is 2. The van der Waals surface area contributed by atoms with Crippen molar-refractivity contribution >= 4 is 49.9 Å². The molecule has 134 valence electrons. The number of thiazole rings is 1. The largest absolute Gasteiger partial charge is 0.311 e. The first-order valence-electron chi connectivity index (χ1n) is 8.36. The molecule has 2 aromatic heterocycles. The lowest BCUT2D eigenvalue weighted by Gasteiger charge is -2.21. The molecule has 4 aromatic rings. The van der Waals surface area contributed by atoms with E-state index < -0.39 is 0 Å². The van der Waals surface area contributed by atoms with E-state index in [1.807, 2.05) is 59.0 Å². The van der Waals surface area contributed by atoms with Gasteiger partial charge < -0.3 is 4.90 Å². The molecule has 2 heterocycles. The summed E-state index contributed by atoms with van der Waals surface area (Å²) in [5.74, 6) is 0.170. The summed E-state index contributed by atoms with van der Waals surface area (Å²) in [6, 6.07) is 19.6. The van der Waals surface area contributed by atoms with E-state index in [1.54, 1.807) is 16.2 Å². The maximum atomic E-state index is 12.8. The van der Waals surface area contributed by atoms with Crippen molar-refractivity contribution in [3.05, 3.63) is 54.6 Å². The average Bonchev–Trinajstić information content (AvgIpc) is 3.27. The van der Waals surface area contributed by atoms with Crippen LogP contribution in [0.4, 0.5) is 5.69 Å². The third-order valence-electron chi connectivity index (χ3n) is 4.05. The smallest absolute Gasteiger partial charge is 0.237 e. The number of amides is 1. The molecule has 8 heteroatoms. The van der Waals surface area contributed by atoms with Gasteiger partial charge >= 0.3 is 0 Å². The van der Waals surface area contributed by atoms with Crippen LogP contribution in [0, 0.1) is 11.3 Å². The van der Waals surface area contributed by atoms with Gasteiger partial charge in [-0.15, -0.1) is 10.2 Å². The Morgan fingerprint density at radius 3 is 2.74 bits per heavy atom. The van der Waals surface area contributed by atoms with Crippen molar-refractivity contribution in [1.29, 1.82) is 5.26 Å². The molecule has 0 aliphatic heterocycles. The summed E-state index contributed by atoms with van der Waals surface area (Å²) in [4.78, 5) is 15.3. The lowest BCUT2D eigenvalue weighted by molar-refractivity contribution is -0.116. The Labute approximate surface area is 164 Å². The second-order valence-electron chi connectivity index (χ2n) is 5.75. The van der Waals surface area contributed by atoms with E-state index in [9.17, 15) is 4.79 Å². The number of hydrogen-bond donors (Lipinski definition) is 0. The van der Waals surface area contributed by atoms with Crippen LogP contribution in [0.2, 0.25) is 0 Å². The molecular weight excluding hydrogens is 378 g/mol. The summed E-state index contributed by atoms with van der Waals surface area (Å²) in [6.45, 7) is 0.372. The number of para-hydroxylation sites is 2. The number of carbonyl (C=O) groups excluding carboxylic acids is 1. The van der Waals surface area contributed by atoms with E-state index in [0.717, 1.165) is 20.9 Å². The van der Waals surface area contributed by atoms with E-state index in [1.165, 1.54) is 11.8 Å². The van der Waals surface area contributed by atoms with E-state index in [4.69, 9.17) is 5.26 Å². The summed E-state index contributed by atoms with van der Waals surface area (Å²) >= 11 is 2.94. The molecule has 0 bridgehead atoms. The molecule has 6 nitrogen and oxygen atoms in total. The van der Waals surface area contributed by atoms with Gasteiger partial charge in [-0.3, -0.25) is 9.20 Å². The maximum absolute atomic E-state index is 12.8. The van der Waals surface area contributed by atoms with Crippen LogP contribution in [0.25, 0.3) is 15.2 Å². The van der Waals surface area contributed by atoms with Crippen LogP contribution >= 0.6 is 23.1 Å². The Bertz CT molecular complexity index is 1130. The van der Waals surface area contributed by atoms with Crippen LogP contribution in [0.1, 0.15) is 6.42 Å². The molecule has 0 saturated heterocycles. The predicted molar refractivity (Wildman–Crippen MR) is 108 cm³/mol. The molecule has 0 aliphatic rings. The van der Waals surface area contributed by atoms with Crippen molar-refractivity contribution in [2.24, 2.45) is 0 Å². The number of nitrogens with zero attached hydrogens (tertiary/aromatic N) is 5. The van der Waals surface area contributed by atoms with Crippen LogP contribution in [-0.2, 0) is 4.79 Å². The van der Waals surface area contributed by atoms with Crippen molar-refractivity contribution in [3.63, 3.8) is 0 Å². The summed E-state index contributed by atoms with van der Waals surface area (Å²) in [5, 5.41) is 18.1. The topological polar surface area (TPSA) is 74.3 Å². The van der Waals surface area contributed by atoms with Gasteiger partial charge in [-0.1, -0.05) is 53.4 Å². The number of carbonyl (C=O) groups is 1. The maximum Gasteiger partial charge on any atom is 0.237 e. The highest BCUT2D eigenvalue weighted by Gasteiger charge is 2.18. The zero-order valence-electron chi connectivity index (χ0n) is 14.3. The molecule has 4 rings (SSSR count). The zero-order valence-corrected chi connectivity index (χ0v) is 15.9. The van der Waals surface area contributed by atoms with E-state index in [0.29, 0.717) is 11.7 Å². The quantitative estimate of drug-likeness (QED) is 0.463. The fraction of sp³-hybridized carbons (Fsp3) is 0.158. The number of fused-ring (bicyclic) bond motifs is 3. The second kappa shape index (κ2) is 7.78. The van der Waals surface area contributed by atoms with Gasteiger partial charge in [-0.25, -0.2) is 0 Å². The molecule has 0 saturated carbocycles. The van der Waals surface area contributed by atoms with Gasteiger partial charge in [0.05, 0.1) is 28.5 Å². The van der Waals surface area contributed by atoms with E-state index in [-0.39, 0.29) is 18.1 Å². The van der Waals surface area contributed by atoms with Gasteiger partial charge in [0.15, 0.2) is 5.16 Å². The fourth-order valence-electron chi connectivity index (χ4n) is 2.82. The SMILES string of the molecule is N#CCCN(C(=O)CSc1nnc2sc3ccccc3n12)c1ccccc1. The first kappa shape index (κ1) is 17.5. The Hall–Kier alpha value is -2.89. The summed E-state index contributed by atoms with van der Waals surface area (Å²) in [6.07, 6.45) is 0.287. The van der Waals surface area contributed by atoms with Gasteiger partial charge in [-0.2, -0.15) is 5.26 Å². The number of thioether (sulfide) groups is 1. The number of aromatic nitrogens is 3. The first-order chi connectivity index (χ1) is 13.3. The minimum absolute atomic E-state index is 0.0577. The van der Waals surface area contributed by atoms with Gasteiger partial charge in [0.2, 0.25) is 10.9 Å². The van der Waals surface area contributed by atoms with Crippen LogP contribution in [0.3, 0.4) is 0 Å². The number of hydrogen-bond acceptors (Lipinski definition) is 6. The van der Waals surface area contributed by atoms with Crippen molar-refractivity contribution in [2.45, 2.75) is 11.6 Å². The highest BCUT2D eigenvalue weighted by Crippen LogP contribution is 2.29. The van der Waals surface area contributed by atoms with Crippen molar-refractivity contribution in [2.75, 3.05) is 17.2 Å². The molecule has 0 radical (unpaired) electrons. The predicted octanol–water partition coefficient (Wildman–Crippen LogP) is 3.98.